The summed E-state index contributed by atoms with van der Waals surface area (Å²) in [6.45, 7) is 1.38. The SMILES string of the molecule is O=C(c1cc(-c2ccc(F)cc2)n[nH]1)N1CCCC(Cc2nc(C3CC3)no2)C1. The lowest BCUT2D eigenvalue weighted by Gasteiger charge is -2.31. The predicted octanol–water partition coefficient (Wildman–Crippen LogP) is 3.57. The third-order valence-electron chi connectivity index (χ3n) is 5.64. The van der Waals surface area contributed by atoms with Crippen molar-refractivity contribution in [1.29, 1.82) is 0 Å². The molecule has 1 aliphatic carbocycles. The van der Waals surface area contributed by atoms with Gasteiger partial charge in [0.25, 0.3) is 5.91 Å². The van der Waals surface area contributed by atoms with Gasteiger partial charge in [0.05, 0.1) is 5.69 Å². The maximum absolute atomic E-state index is 13.1. The highest BCUT2D eigenvalue weighted by Crippen LogP contribution is 2.38. The Morgan fingerprint density at radius 3 is 2.86 bits per heavy atom. The molecule has 2 aromatic heterocycles. The molecule has 7 nitrogen and oxygen atoms in total. The maximum Gasteiger partial charge on any atom is 0.271 e. The predicted molar refractivity (Wildman–Crippen MR) is 103 cm³/mol. The molecule has 8 heteroatoms. The molecule has 150 valence electrons. The Bertz CT molecular complexity index is 1010. The van der Waals surface area contributed by atoms with Crippen molar-refractivity contribution in [2.24, 2.45) is 5.92 Å². The van der Waals surface area contributed by atoms with Gasteiger partial charge in [-0.15, -0.1) is 0 Å². The van der Waals surface area contributed by atoms with Gasteiger partial charge in [0, 0.05) is 31.0 Å². The van der Waals surface area contributed by atoms with E-state index < -0.39 is 0 Å². The van der Waals surface area contributed by atoms with Crippen LogP contribution in [0.4, 0.5) is 4.39 Å². The van der Waals surface area contributed by atoms with Gasteiger partial charge < -0.3 is 9.42 Å². The molecule has 1 saturated heterocycles. The molecule has 1 unspecified atom stereocenters. The molecular formula is C21H22FN5O2. The fourth-order valence-electron chi connectivity index (χ4n) is 3.89. The molecule has 29 heavy (non-hydrogen) atoms. The van der Waals surface area contributed by atoms with Gasteiger partial charge in [-0.05, 0) is 61.9 Å². The van der Waals surface area contributed by atoms with Gasteiger partial charge in [-0.2, -0.15) is 10.1 Å². The first-order valence-corrected chi connectivity index (χ1v) is 10.1. The van der Waals surface area contributed by atoms with Crippen LogP contribution in [0.3, 0.4) is 0 Å². The minimum absolute atomic E-state index is 0.0697. The molecule has 1 aromatic carbocycles. The van der Waals surface area contributed by atoms with E-state index >= 15 is 0 Å². The minimum atomic E-state index is -0.301. The Morgan fingerprint density at radius 1 is 1.24 bits per heavy atom. The van der Waals surface area contributed by atoms with Gasteiger partial charge in [0.1, 0.15) is 11.5 Å². The molecule has 0 radical (unpaired) electrons. The van der Waals surface area contributed by atoms with Gasteiger partial charge in [0.15, 0.2) is 5.82 Å². The van der Waals surface area contributed by atoms with Gasteiger partial charge in [-0.1, -0.05) is 5.16 Å². The van der Waals surface area contributed by atoms with Gasteiger partial charge in [-0.3, -0.25) is 9.89 Å². The summed E-state index contributed by atoms with van der Waals surface area (Å²) in [6.07, 6.45) is 4.98. The van der Waals surface area contributed by atoms with E-state index in [-0.39, 0.29) is 11.7 Å². The number of nitrogens with zero attached hydrogens (tertiary/aromatic N) is 4. The number of aromatic nitrogens is 4. The van der Waals surface area contributed by atoms with Crippen LogP contribution in [0.5, 0.6) is 0 Å². The maximum atomic E-state index is 13.1. The number of aromatic amines is 1. The Labute approximate surface area is 167 Å². The van der Waals surface area contributed by atoms with Crippen molar-refractivity contribution in [3.8, 4) is 11.3 Å². The number of hydrogen-bond donors (Lipinski definition) is 1. The number of nitrogens with one attached hydrogen (secondary N) is 1. The molecule has 1 saturated carbocycles. The van der Waals surface area contributed by atoms with Crippen molar-refractivity contribution < 1.29 is 13.7 Å². The number of carbonyl (C=O) groups is 1. The highest BCUT2D eigenvalue weighted by Gasteiger charge is 2.30. The highest BCUT2D eigenvalue weighted by atomic mass is 19.1. The molecule has 5 rings (SSSR count). The fourth-order valence-corrected chi connectivity index (χ4v) is 3.89. The number of benzene rings is 1. The second-order valence-electron chi connectivity index (χ2n) is 7.96. The average molecular weight is 395 g/mol. The first-order valence-electron chi connectivity index (χ1n) is 10.1. The summed E-state index contributed by atoms with van der Waals surface area (Å²) in [6, 6.07) is 7.78. The van der Waals surface area contributed by atoms with Crippen LogP contribution in [0, 0.1) is 11.7 Å². The van der Waals surface area contributed by atoms with E-state index in [1.54, 1.807) is 18.2 Å². The molecule has 1 amide bonds. The third-order valence-corrected chi connectivity index (χ3v) is 5.64. The average Bonchev–Trinajstić information content (AvgIpc) is 3.28. The molecule has 0 bridgehead atoms. The second kappa shape index (κ2) is 7.42. The Hall–Kier alpha value is -3.03. The van der Waals surface area contributed by atoms with Crippen LogP contribution < -0.4 is 0 Å². The van der Waals surface area contributed by atoms with Crippen LogP contribution in [0.2, 0.25) is 0 Å². The summed E-state index contributed by atoms with van der Waals surface area (Å²) in [4.78, 5) is 19.3. The lowest BCUT2D eigenvalue weighted by molar-refractivity contribution is 0.0662. The van der Waals surface area contributed by atoms with Crippen LogP contribution in [0.15, 0.2) is 34.9 Å². The monoisotopic (exact) mass is 395 g/mol. The van der Waals surface area contributed by atoms with Crippen LogP contribution in [-0.2, 0) is 6.42 Å². The van der Waals surface area contributed by atoms with E-state index in [0.717, 1.165) is 43.6 Å². The van der Waals surface area contributed by atoms with E-state index in [0.29, 0.717) is 42.1 Å². The van der Waals surface area contributed by atoms with Crippen molar-refractivity contribution in [3.05, 3.63) is 53.6 Å². The summed E-state index contributed by atoms with van der Waals surface area (Å²) in [5.74, 6) is 1.92. The Morgan fingerprint density at radius 2 is 2.07 bits per heavy atom. The molecule has 1 atom stereocenters. The van der Waals surface area contributed by atoms with Crippen molar-refractivity contribution >= 4 is 5.91 Å². The summed E-state index contributed by atoms with van der Waals surface area (Å²) in [5, 5.41) is 11.1. The summed E-state index contributed by atoms with van der Waals surface area (Å²) < 4.78 is 18.5. The van der Waals surface area contributed by atoms with Crippen molar-refractivity contribution in [3.63, 3.8) is 0 Å². The van der Waals surface area contributed by atoms with Crippen molar-refractivity contribution in [2.75, 3.05) is 13.1 Å². The zero-order chi connectivity index (χ0) is 19.8. The third kappa shape index (κ3) is 3.92. The van der Waals surface area contributed by atoms with Gasteiger partial charge in [0.2, 0.25) is 5.89 Å². The molecule has 3 heterocycles. The van der Waals surface area contributed by atoms with Crippen LogP contribution in [0.1, 0.15) is 53.8 Å². The van der Waals surface area contributed by atoms with E-state index in [4.69, 9.17) is 4.52 Å². The minimum Gasteiger partial charge on any atom is -0.339 e. The highest BCUT2D eigenvalue weighted by molar-refractivity contribution is 5.93. The number of rotatable bonds is 5. The Kier molecular flexibility index (Phi) is 4.61. The Balaban J connectivity index is 1.24. The smallest absolute Gasteiger partial charge is 0.271 e. The van der Waals surface area contributed by atoms with Crippen LogP contribution >= 0.6 is 0 Å². The molecule has 2 fully saturated rings. The van der Waals surface area contributed by atoms with Gasteiger partial charge >= 0.3 is 0 Å². The quantitative estimate of drug-likeness (QED) is 0.714. The summed E-state index contributed by atoms with van der Waals surface area (Å²) in [7, 11) is 0. The molecule has 2 aliphatic rings. The van der Waals surface area contributed by atoms with Gasteiger partial charge in [-0.25, -0.2) is 4.39 Å². The number of hydrogen-bond acceptors (Lipinski definition) is 5. The number of H-pyrrole nitrogens is 1. The topological polar surface area (TPSA) is 87.9 Å². The first-order chi connectivity index (χ1) is 14.2. The zero-order valence-electron chi connectivity index (χ0n) is 16.0. The zero-order valence-corrected chi connectivity index (χ0v) is 16.0. The van der Waals surface area contributed by atoms with E-state index in [1.807, 2.05) is 4.90 Å². The molecule has 3 aromatic rings. The first kappa shape index (κ1) is 18.0. The second-order valence-corrected chi connectivity index (χ2v) is 7.96. The number of amides is 1. The number of carbonyl (C=O) groups excluding carboxylic acids is 1. The van der Waals surface area contributed by atoms with Crippen LogP contribution in [0.25, 0.3) is 11.3 Å². The van der Waals surface area contributed by atoms with Crippen LogP contribution in [-0.4, -0.2) is 44.2 Å². The lowest BCUT2D eigenvalue weighted by Crippen LogP contribution is -2.40. The largest absolute Gasteiger partial charge is 0.339 e. The standard InChI is InChI=1S/C21H22FN5O2/c22-16-7-5-14(6-8-16)17-11-18(25-24-17)21(28)27-9-1-2-13(12-27)10-19-23-20(26-29-19)15-3-4-15/h5-8,11,13,15H,1-4,9-10,12H2,(H,24,25). The molecule has 1 N–H and O–H groups in total. The summed E-state index contributed by atoms with van der Waals surface area (Å²) in [5.41, 5.74) is 1.83. The number of halogens is 1. The van der Waals surface area contributed by atoms with E-state index in [9.17, 15) is 9.18 Å². The van der Waals surface area contributed by atoms with Crippen molar-refractivity contribution in [2.45, 2.75) is 38.0 Å². The van der Waals surface area contributed by atoms with E-state index in [2.05, 4.69) is 20.3 Å². The summed E-state index contributed by atoms with van der Waals surface area (Å²) >= 11 is 0. The van der Waals surface area contributed by atoms with Crippen molar-refractivity contribution in [1.82, 2.24) is 25.2 Å². The number of piperidine rings is 1. The fraction of sp³-hybridized carbons (Fsp3) is 0.429. The molecule has 0 spiro atoms. The lowest BCUT2D eigenvalue weighted by atomic mass is 9.94. The normalized spacial score (nSPS) is 19.5. The number of likely N-dealkylation sites (tertiary alicyclic amines) is 1. The van der Waals surface area contributed by atoms with E-state index in [1.165, 1.54) is 12.1 Å². The molecular weight excluding hydrogens is 373 g/mol. The molecule has 1 aliphatic heterocycles.